The lowest BCUT2D eigenvalue weighted by molar-refractivity contribution is -0.138. The van der Waals surface area contributed by atoms with Gasteiger partial charge >= 0.3 is 5.97 Å². The van der Waals surface area contributed by atoms with E-state index in [2.05, 4.69) is 22.1 Å². The standard InChI is InChI=1S/C26H19ClN6O2S2/c1-33(13-22(34)35-2)24-20(10-28)23(17-4-3-9-30-12-17)21(11-29)26(32-24)37-15-19-14-36-25(31-19)16-5-7-18(27)8-6-16/h3-9,12,14H,13,15H2,1-2H3. The van der Waals surface area contributed by atoms with Crippen molar-refractivity contribution in [1.82, 2.24) is 15.0 Å². The summed E-state index contributed by atoms with van der Waals surface area (Å²) in [5.41, 5.74) is 3.25. The summed E-state index contributed by atoms with van der Waals surface area (Å²) < 4.78 is 4.78. The summed E-state index contributed by atoms with van der Waals surface area (Å²) in [6, 6.07) is 15.4. The van der Waals surface area contributed by atoms with E-state index in [1.807, 2.05) is 29.6 Å². The summed E-state index contributed by atoms with van der Waals surface area (Å²) in [5.74, 6) is 0.241. The summed E-state index contributed by atoms with van der Waals surface area (Å²) in [7, 11) is 2.94. The van der Waals surface area contributed by atoms with Gasteiger partial charge < -0.3 is 9.64 Å². The Bertz CT molecular complexity index is 1510. The van der Waals surface area contributed by atoms with E-state index in [9.17, 15) is 15.3 Å². The van der Waals surface area contributed by atoms with Crippen LogP contribution in [0.4, 0.5) is 5.82 Å². The molecule has 0 aliphatic carbocycles. The number of halogens is 1. The third-order valence-electron chi connectivity index (χ3n) is 5.27. The van der Waals surface area contributed by atoms with Crippen LogP contribution < -0.4 is 4.90 Å². The molecule has 4 rings (SSSR count). The van der Waals surface area contributed by atoms with Crippen molar-refractivity contribution in [2.45, 2.75) is 10.8 Å². The van der Waals surface area contributed by atoms with Crippen LogP contribution in [0.25, 0.3) is 21.7 Å². The van der Waals surface area contributed by atoms with E-state index in [-0.39, 0.29) is 23.5 Å². The zero-order valence-electron chi connectivity index (χ0n) is 19.8. The molecule has 0 radical (unpaired) electrons. The van der Waals surface area contributed by atoms with Crippen LogP contribution in [0.1, 0.15) is 16.8 Å². The van der Waals surface area contributed by atoms with Crippen LogP contribution in [0.15, 0.2) is 59.2 Å². The second kappa shape index (κ2) is 11.8. The average molecular weight is 547 g/mol. The van der Waals surface area contributed by atoms with Gasteiger partial charge in [0, 0.05) is 52.3 Å². The molecule has 11 heteroatoms. The minimum Gasteiger partial charge on any atom is -0.468 e. The lowest BCUT2D eigenvalue weighted by Gasteiger charge is -2.21. The first-order valence-electron chi connectivity index (χ1n) is 10.8. The fourth-order valence-electron chi connectivity index (χ4n) is 3.52. The summed E-state index contributed by atoms with van der Waals surface area (Å²) >= 11 is 8.84. The number of esters is 1. The molecule has 3 heterocycles. The van der Waals surface area contributed by atoms with Crippen molar-refractivity contribution in [3.8, 4) is 33.8 Å². The summed E-state index contributed by atoms with van der Waals surface area (Å²) in [6.07, 6.45) is 3.21. The number of methoxy groups -OCH3 is 1. The Labute approximate surface area is 227 Å². The van der Waals surface area contributed by atoms with Crippen LogP contribution in [-0.4, -0.2) is 41.6 Å². The Morgan fingerprint density at radius 3 is 2.54 bits per heavy atom. The van der Waals surface area contributed by atoms with Crippen molar-refractivity contribution in [2.75, 3.05) is 25.6 Å². The second-order valence-corrected chi connectivity index (χ2v) is 9.96. The quantitative estimate of drug-likeness (QED) is 0.206. The molecule has 184 valence electrons. The van der Waals surface area contributed by atoms with E-state index in [0.717, 1.165) is 16.3 Å². The Morgan fingerprint density at radius 2 is 1.89 bits per heavy atom. The number of carbonyl (C=O) groups excluding carboxylic acids is 1. The Morgan fingerprint density at radius 1 is 1.14 bits per heavy atom. The van der Waals surface area contributed by atoms with Crippen LogP contribution in [0.3, 0.4) is 0 Å². The van der Waals surface area contributed by atoms with Gasteiger partial charge in [0.05, 0.1) is 18.4 Å². The fraction of sp³-hybridized carbons (Fsp3) is 0.154. The topological polar surface area (TPSA) is 116 Å². The molecule has 4 aromatic rings. The predicted octanol–water partition coefficient (Wildman–Crippen LogP) is 5.57. The predicted molar refractivity (Wildman–Crippen MR) is 144 cm³/mol. The smallest absolute Gasteiger partial charge is 0.325 e. The molecule has 0 amide bonds. The summed E-state index contributed by atoms with van der Waals surface area (Å²) in [4.78, 5) is 27.0. The molecule has 0 fully saturated rings. The Kier molecular flexibility index (Phi) is 8.36. The number of hydrogen-bond donors (Lipinski definition) is 0. The SMILES string of the molecule is COC(=O)CN(C)c1nc(SCc2csc(-c3ccc(Cl)cc3)n2)c(C#N)c(-c2cccnc2)c1C#N. The third kappa shape index (κ3) is 5.89. The van der Waals surface area contributed by atoms with Gasteiger partial charge in [0.25, 0.3) is 0 Å². The largest absolute Gasteiger partial charge is 0.468 e. The molecule has 37 heavy (non-hydrogen) atoms. The molecule has 0 saturated carbocycles. The molecule has 0 saturated heterocycles. The maximum absolute atomic E-state index is 12.0. The van der Waals surface area contributed by atoms with Gasteiger partial charge in [-0.1, -0.05) is 41.6 Å². The van der Waals surface area contributed by atoms with Crippen molar-refractivity contribution >= 4 is 46.5 Å². The highest BCUT2D eigenvalue weighted by molar-refractivity contribution is 7.98. The lowest BCUT2D eigenvalue weighted by atomic mass is 9.98. The van der Waals surface area contributed by atoms with Crippen LogP contribution in [0.5, 0.6) is 0 Å². The van der Waals surface area contributed by atoms with E-state index in [1.165, 1.54) is 35.1 Å². The molecular weight excluding hydrogens is 528 g/mol. The number of rotatable bonds is 8. The molecule has 0 bridgehead atoms. The fourth-order valence-corrected chi connectivity index (χ4v) is 5.45. The van der Waals surface area contributed by atoms with Gasteiger partial charge in [0.15, 0.2) is 0 Å². The maximum Gasteiger partial charge on any atom is 0.325 e. The molecule has 3 aromatic heterocycles. The van der Waals surface area contributed by atoms with Gasteiger partial charge in [-0.15, -0.1) is 11.3 Å². The first kappa shape index (κ1) is 26.1. The number of thiazole rings is 1. The lowest BCUT2D eigenvalue weighted by Crippen LogP contribution is -2.28. The van der Waals surface area contributed by atoms with E-state index in [1.54, 1.807) is 31.6 Å². The molecule has 0 aliphatic rings. The first-order valence-corrected chi connectivity index (χ1v) is 13.1. The summed E-state index contributed by atoms with van der Waals surface area (Å²) in [5, 5.41) is 24.1. The highest BCUT2D eigenvalue weighted by Crippen LogP contribution is 2.38. The number of anilines is 1. The van der Waals surface area contributed by atoms with Crippen LogP contribution in [-0.2, 0) is 15.3 Å². The van der Waals surface area contributed by atoms with Gasteiger partial charge in [-0.05, 0) is 18.2 Å². The van der Waals surface area contributed by atoms with E-state index in [0.29, 0.717) is 26.9 Å². The molecule has 0 aliphatic heterocycles. The van der Waals surface area contributed by atoms with Crippen LogP contribution in [0, 0.1) is 22.7 Å². The average Bonchev–Trinajstić information content (AvgIpc) is 3.40. The van der Waals surface area contributed by atoms with Crippen molar-refractivity contribution in [2.24, 2.45) is 0 Å². The molecule has 0 N–H and O–H groups in total. The number of benzene rings is 1. The zero-order valence-corrected chi connectivity index (χ0v) is 22.2. The van der Waals surface area contributed by atoms with E-state index >= 15 is 0 Å². The number of aromatic nitrogens is 3. The van der Waals surface area contributed by atoms with Crippen molar-refractivity contribution < 1.29 is 9.53 Å². The monoisotopic (exact) mass is 546 g/mol. The number of likely N-dealkylation sites (N-methyl/N-ethyl adjacent to an activating group) is 1. The number of hydrogen-bond acceptors (Lipinski definition) is 10. The minimum absolute atomic E-state index is 0.114. The van der Waals surface area contributed by atoms with Gasteiger partial charge in [-0.2, -0.15) is 10.5 Å². The highest BCUT2D eigenvalue weighted by atomic mass is 35.5. The number of ether oxygens (including phenoxy) is 1. The zero-order chi connectivity index (χ0) is 26.4. The molecule has 1 aromatic carbocycles. The van der Waals surface area contributed by atoms with Crippen molar-refractivity contribution in [3.05, 3.63) is 76.0 Å². The molecule has 8 nitrogen and oxygen atoms in total. The van der Waals surface area contributed by atoms with Crippen LogP contribution in [0.2, 0.25) is 5.02 Å². The van der Waals surface area contributed by atoms with Gasteiger partial charge in [0.2, 0.25) is 0 Å². The Hall–Kier alpha value is -3.96. The van der Waals surface area contributed by atoms with Crippen molar-refractivity contribution in [3.63, 3.8) is 0 Å². The minimum atomic E-state index is -0.480. The van der Waals surface area contributed by atoms with Gasteiger partial charge in [-0.25, -0.2) is 9.97 Å². The highest BCUT2D eigenvalue weighted by Gasteiger charge is 2.25. The van der Waals surface area contributed by atoms with Gasteiger partial charge in [0.1, 0.15) is 40.1 Å². The van der Waals surface area contributed by atoms with E-state index < -0.39 is 5.97 Å². The normalized spacial score (nSPS) is 10.4. The summed E-state index contributed by atoms with van der Waals surface area (Å²) in [6.45, 7) is -0.114. The van der Waals surface area contributed by atoms with Crippen molar-refractivity contribution in [1.29, 1.82) is 10.5 Å². The molecular formula is C26H19ClN6O2S2. The van der Waals surface area contributed by atoms with Crippen LogP contribution >= 0.6 is 34.7 Å². The van der Waals surface area contributed by atoms with Gasteiger partial charge in [-0.3, -0.25) is 9.78 Å². The second-order valence-electron chi connectivity index (χ2n) is 7.70. The number of pyridine rings is 2. The molecule has 0 unspecified atom stereocenters. The maximum atomic E-state index is 12.0. The number of nitriles is 2. The number of carbonyl (C=O) groups is 1. The first-order chi connectivity index (χ1) is 17.9. The molecule has 0 atom stereocenters. The number of nitrogens with zero attached hydrogens (tertiary/aromatic N) is 6. The number of thioether (sulfide) groups is 1. The van der Waals surface area contributed by atoms with E-state index in [4.69, 9.17) is 21.3 Å². The third-order valence-corrected chi connectivity index (χ3v) is 7.48. The molecule has 0 spiro atoms. The Balaban J connectivity index is 1.74.